The summed E-state index contributed by atoms with van der Waals surface area (Å²) < 4.78 is 0. The lowest BCUT2D eigenvalue weighted by Crippen LogP contribution is -2.20. The molecule has 18 heavy (non-hydrogen) atoms. The maximum absolute atomic E-state index is 10.7. The molecular formula is C13H15NO3S. The van der Waals surface area contributed by atoms with Crippen LogP contribution >= 0.6 is 11.8 Å². The monoisotopic (exact) mass is 265 g/mol. The van der Waals surface area contributed by atoms with Crippen LogP contribution < -0.4 is 0 Å². The van der Waals surface area contributed by atoms with Gasteiger partial charge in [0.15, 0.2) is 5.12 Å². The fourth-order valence-corrected chi connectivity index (χ4v) is 2.19. The smallest absolute Gasteiger partial charge is 0.185 e. The Morgan fingerprint density at radius 2 is 2.11 bits per heavy atom. The van der Waals surface area contributed by atoms with Crippen molar-refractivity contribution in [3.8, 4) is 6.07 Å². The van der Waals surface area contributed by atoms with E-state index in [4.69, 9.17) is 5.26 Å². The first-order chi connectivity index (χ1) is 8.56. The van der Waals surface area contributed by atoms with Crippen molar-refractivity contribution in [3.05, 3.63) is 35.4 Å². The molecule has 1 aromatic carbocycles. The third kappa shape index (κ3) is 4.15. The number of aliphatic hydroxyl groups excluding tert-OH is 2. The number of benzene rings is 1. The quantitative estimate of drug-likeness (QED) is 0.845. The fourth-order valence-electron chi connectivity index (χ4n) is 1.55. The van der Waals surface area contributed by atoms with Gasteiger partial charge in [-0.1, -0.05) is 30.0 Å². The minimum Gasteiger partial charge on any atom is -0.390 e. The molecule has 0 heterocycles. The first kappa shape index (κ1) is 14.7. The van der Waals surface area contributed by atoms with E-state index in [0.29, 0.717) is 23.3 Å². The summed E-state index contributed by atoms with van der Waals surface area (Å²) in [5, 5.41) is 28.7. The molecule has 0 fully saturated rings. The molecule has 2 atom stereocenters. The molecule has 1 rings (SSSR count). The number of nitrogens with zero attached hydrogens (tertiary/aromatic N) is 1. The van der Waals surface area contributed by atoms with Crippen LogP contribution in [0.2, 0.25) is 0 Å². The van der Waals surface area contributed by atoms with Crippen molar-refractivity contribution in [1.29, 1.82) is 5.26 Å². The lowest BCUT2D eigenvalue weighted by molar-refractivity contribution is -0.109. The van der Waals surface area contributed by atoms with E-state index in [-0.39, 0.29) is 5.12 Å². The number of nitriles is 1. The second-order valence-corrected chi connectivity index (χ2v) is 5.11. The summed E-state index contributed by atoms with van der Waals surface area (Å²) >= 11 is 1.11. The summed E-state index contributed by atoms with van der Waals surface area (Å²) in [4.78, 5) is 10.7. The van der Waals surface area contributed by atoms with Gasteiger partial charge >= 0.3 is 0 Å². The summed E-state index contributed by atoms with van der Waals surface area (Å²) in [7, 11) is 0. The van der Waals surface area contributed by atoms with Crippen LogP contribution in [0.1, 0.15) is 30.6 Å². The Hall–Kier alpha value is -1.35. The Morgan fingerprint density at radius 1 is 1.44 bits per heavy atom. The Morgan fingerprint density at radius 3 is 2.72 bits per heavy atom. The third-order valence-electron chi connectivity index (χ3n) is 2.48. The van der Waals surface area contributed by atoms with Crippen molar-refractivity contribution in [2.24, 2.45) is 0 Å². The molecular weight excluding hydrogens is 250 g/mol. The molecule has 0 aliphatic rings. The van der Waals surface area contributed by atoms with Gasteiger partial charge in [-0.15, -0.1) is 0 Å². The van der Waals surface area contributed by atoms with Crippen molar-refractivity contribution in [1.82, 2.24) is 0 Å². The summed E-state index contributed by atoms with van der Waals surface area (Å²) in [6.45, 7) is 1.46. The van der Waals surface area contributed by atoms with Gasteiger partial charge in [0.1, 0.15) is 6.10 Å². The average molecular weight is 265 g/mol. The Bertz CT molecular complexity index is 456. The van der Waals surface area contributed by atoms with E-state index in [0.717, 1.165) is 11.8 Å². The Labute approximate surface area is 110 Å². The predicted molar refractivity (Wildman–Crippen MR) is 69.9 cm³/mol. The van der Waals surface area contributed by atoms with Crippen LogP contribution in [-0.4, -0.2) is 27.2 Å². The van der Waals surface area contributed by atoms with Gasteiger partial charge in [0.25, 0.3) is 0 Å². The van der Waals surface area contributed by atoms with Gasteiger partial charge in [-0.2, -0.15) is 5.26 Å². The second-order valence-electron chi connectivity index (χ2n) is 3.84. The molecule has 0 radical (unpaired) electrons. The Kier molecular flexibility index (Phi) is 5.86. The number of carbonyl (C=O) groups excluding carboxylic acids is 1. The lowest BCUT2D eigenvalue weighted by Gasteiger charge is -2.18. The van der Waals surface area contributed by atoms with Gasteiger partial charge in [-0.25, -0.2) is 0 Å². The first-order valence-corrected chi connectivity index (χ1v) is 6.53. The highest BCUT2D eigenvalue weighted by Gasteiger charge is 2.20. The van der Waals surface area contributed by atoms with Crippen molar-refractivity contribution in [2.45, 2.75) is 25.6 Å². The number of carbonyl (C=O) groups is 1. The number of rotatable bonds is 5. The van der Waals surface area contributed by atoms with Gasteiger partial charge in [0.2, 0.25) is 0 Å². The molecule has 0 amide bonds. The molecule has 0 aromatic heterocycles. The zero-order valence-corrected chi connectivity index (χ0v) is 10.9. The normalized spacial score (nSPS) is 13.7. The minimum atomic E-state index is -1.10. The molecule has 0 aliphatic heterocycles. The van der Waals surface area contributed by atoms with Crippen LogP contribution in [-0.2, 0) is 4.79 Å². The standard InChI is InChI=1S/C13H15NO3S/c1-9(15)18-7-6-12(16)13(17)11-5-3-2-4-10(11)8-14/h2-5,12-13,16-17H,6-7H2,1H3. The van der Waals surface area contributed by atoms with E-state index in [1.165, 1.54) is 6.92 Å². The van der Waals surface area contributed by atoms with Gasteiger partial charge in [0.05, 0.1) is 17.7 Å². The highest BCUT2D eigenvalue weighted by atomic mass is 32.2. The number of aliphatic hydroxyl groups is 2. The van der Waals surface area contributed by atoms with Crippen molar-refractivity contribution in [3.63, 3.8) is 0 Å². The van der Waals surface area contributed by atoms with Crippen LogP contribution in [0, 0.1) is 11.3 Å². The van der Waals surface area contributed by atoms with Crippen LogP contribution in [0.15, 0.2) is 24.3 Å². The summed E-state index contributed by atoms with van der Waals surface area (Å²) in [5.74, 6) is 0.447. The fraction of sp³-hybridized carbons (Fsp3) is 0.385. The number of hydrogen-bond donors (Lipinski definition) is 2. The van der Waals surface area contributed by atoms with E-state index < -0.39 is 12.2 Å². The molecule has 0 aliphatic carbocycles. The molecule has 1 aromatic rings. The van der Waals surface area contributed by atoms with Gasteiger partial charge < -0.3 is 10.2 Å². The third-order valence-corrected chi connectivity index (χ3v) is 3.33. The van der Waals surface area contributed by atoms with Crippen LogP contribution in [0.3, 0.4) is 0 Å². The topological polar surface area (TPSA) is 81.3 Å². The molecule has 2 unspecified atom stereocenters. The van der Waals surface area contributed by atoms with E-state index in [1.807, 2.05) is 6.07 Å². The molecule has 0 saturated carbocycles. The zero-order chi connectivity index (χ0) is 13.5. The number of thioether (sulfide) groups is 1. The maximum Gasteiger partial charge on any atom is 0.185 e. The van der Waals surface area contributed by atoms with Crippen LogP contribution in [0.25, 0.3) is 0 Å². The van der Waals surface area contributed by atoms with E-state index >= 15 is 0 Å². The zero-order valence-electron chi connectivity index (χ0n) is 10.0. The lowest BCUT2D eigenvalue weighted by atomic mass is 9.98. The van der Waals surface area contributed by atoms with Gasteiger partial charge in [-0.05, 0) is 12.5 Å². The Balaban J connectivity index is 2.65. The van der Waals surface area contributed by atoms with Crippen LogP contribution in [0.5, 0.6) is 0 Å². The largest absolute Gasteiger partial charge is 0.390 e. The molecule has 96 valence electrons. The first-order valence-electron chi connectivity index (χ1n) is 5.54. The minimum absolute atomic E-state index is 0.0193. The SMILES string of the molecule is CC(=O)SCCC(O)C(O)c1ccccc1C#N. The average Bonchev–Trinajstić information content (AvgIpc) is 2.37. The van der Waals surface area contributed by atoms with Crippen LogP contribution in [0.4, 0.5) is 0 Å². The maximum atomic E-state index is 10.7. The van der Waals surface area contributed by atoms with Gasteiger partial charge in [0, 0.05) is 18.2 Å². The van der Waals surface area contributed by atoms with Crippen molar-refractivity contribution < 1.29 is 15.0 Å². The van der Waals surface area contributed by atoms with E-state index in [1.54, 1.807) is 24.3 Å². The molecule has 4 nitrogen and oxygen atoms in total. The highest BCUT2D eigenvalue weighted by Crippen LogP contribution is 2.23. The molecule has 0 bridgehead atoms. The second kappa shape index (κ2) is 7.17. The van der Waals surface area contributed by atoms with Crippen molar-refractivity contribution >= 4 is 16.9 Å². The van der Waals surface area contributed by atoms with Gasteiger partial charge in [-0.3, -0.25) is 4.79 Å². The highest BCUT2D eigenvalue weighted by molar-refractivity contribution is 8.13. The summed E-state index contributed by atoms with van der Waals surface area (Å²) in [6, 6.07) is 8.59. The van der Waals surface area contributed by atoms with Crippen molar-refractivity contribution in [2.75, 3.05) is 5.75 Å². The number of hydrogen-bond acceptors (Lipinski definition) is 5. The molecule has 5 heteroatoms. The summed E-state index contributed by atoms with van der Waals surface area (Å²) in [5.41, 5.74) is 0.767. The summed E-state index contributed by atoms with van der Waals surface area (Å²) in [6.07, 6.45) is -1.79. The van der Waals surface area contributed by atoms with E-state index in [2.05, 4.69) is 0 Å². The predicted octanol–water partition coefficient (Wildman–Crippen LogP) is 1.62. The molecule has 0 saturated heterocycles. The van der Waals surface area contributed by atoms with E-state index in [9.17, 15) is 15.0 Å². The molecule has 2 N–H and O–H groups in total. The molecule has 0 spiro atoms.